The number of rotatable bonds is 7. The van der Waals surface area contributed by atoms with Crippen molar-refractivity contribution in [3.05, 3.63) is 71.3 Å². The fourth-order valence-corrected chi connectivity index (χ4v) is 3.38. The van der Waals surface area contributed by atoms with Crippen LogP contribution in [0.5, 0.6) is 0 Å². The molecule has 106 valence electrons. The van der Waals surface area contributed by atoms with Crippen molar-refractivity contribution in [1.82, 2.24) is 5.32 Å². The molecular formula is C18H23NS. The zero-order valence-corrected chi connectivity index (χ0v) is 13.1. The molecule has 1 atom stereocenters. The number of benzene rings is 2. The molecule has 0 amide bonds. The first kappa shape index (κ1) is 15.1. The van der Waals surface area contributed by atoms with Gasteiger partial charge in [0.25, 0.3) is 0 Å². The lowest BCUT2D eigenvalue weighted by atomic mass is 10.1. The molecule has 2 rings (SSSR count). The van der Waals surface area contributed by atoms with Crippen molar-refractivity contribution >= 4 is 11.8 Å². The first-order chi connectivity index (χ1) is 9.79. The summed E-state index contributed by atoms with van der Waals surface area (Å²) < 4.78 is 0. The predicted octanol–water partition coefficient (Wildman–Crippen LogP) is 4.58. The lowest BCUT2D eigenvalue weighted by molar-refractivity contribution is 0.606. The maximum atomic E-state index is 3.58. The average Bonchev–Trinajstić information content (AvgIpc) is 2.47. The van der Waals surface area contributed by atoms with E-state index in [1.165, 1.54) is 16.7 Å². The van der Waals surface area contributed by atoms with Gasteiger partial charge in [0.05, 0.1) is 0 Å². The van der Waals surface area contributed by atoms with Gasteiger partial charge in [-0.15, -0.1) is 0 Å². The van der Waals surface area contributed by atoms with Crippen molar-refractivity contribution in [2.75, 3.05) is 12.3 Å². The summed E-state index contributed by atoms with van der Waals surface area (Å²) >= 11 is 2.00. The Bertz CT molecular complexity index is 510. The molecule has 1 nitrogen and oxygen atoms in total. The van der Waals surface area contributed by atoms with Crippen molar-refractivity contribution in [3.63, 3.8) is 0 Å². The molecule has 0 radical (unpaired) electrons. The van der Waals surface area contributed by atoms with E-state index in [-0.39, 0.29) is 0 Å². The molecule has 0 aliphatic heterocycles. The lowest BCUT2D eigenvalue weighted by Gasteiger charge is -2.18. The van der Waals surface area contributed by atoms with E-state index in [0.29, 0.717) is 6.04 Å². The minimum absolute atomic E-state index is 0.441. The highest BCUT2D eigenvalue weighted by molar-refractivity contribution is 7.98. The summed E-state index contributed by atoms with van der Waals surface area (Å²) in [4.78, 5) is 0. The van der Waals surface area contributed by atoms with E-state index in [2.05, 4.69) is 73.8 Å². The van der Waals surface area contributed by atoms with Crippen LogP contribution in [-0.2, 0) is 5.75 Å². The molecule has 2 aromatic rings. The first-order valence-electron chi connectivity index (χ1n) is 7.21. The van der Waals surface area contributed by atoms with E-state index in [4.69, 9.17) is 0 Å². The van der Waals surface area contributed by atoms with Crippen LogP contribution in [0.1, 0.15) is 29.7 Å². The third-order valence-corrected chi connectivity index (χ3v) is 4.39. The van der Waals surface area contributed by atoms with Crippen LogP contribution in [0.15, 0.2) is 54.6 Å². The molecule has 0 heterocycles. The highest BCUT2D eigenvalue weighted by atomic mass is 32.2. The molecule has 2 aromatic carbocycles. The number of hydrogen-bond donors (Lipinski definition) is 1. The maximum Gasteiger partial charge on any atom is 0.0411 e. The zero-order valence-electron chi connectivity index (χ0n) is 12.3. The summed E-state index contributed by atoms with van der Waals surface area (Å²) in [6.07, 6.45) is 0. The third-order valence-electron chi connectivity index (χ3n) is 3.29. The second kappa shape index (κ2) is 8.13. The van der Waals surface area contributed by atoms with Gasteiger partial charge in [-0.3, -0.25) is 0 Å². The second-order valence-corrected chi connectivity index (χ2v) is 6.06. The highest BCUT2D eigenvalue weighted by Crippen LogP contribution is 2.21. The minimum Gasteiger partial charge on any atom is -0.310 e. The van der Waals surface area contributed by atoms with Crippen LogP contribution in [0.2, 0.25) is 0 Å². The van der Waals surface area contributed by atoms with Gasteiger partial charge in [-0.25, -0.2) is 0 Å². The van der Waals surface area contributed by atoms with Crippen LogP contribution in [0.25, 0.3) is 0 Å². The first-order valence-corrected chi connectivity index (χ1v) is 8.36. The monoisotopic (exact) mass is 285 g/mol. The molecule has 0 aromatic heterocycles. The van der Waals surface area contributed by atoms with Crippen molar-refractivity contribution in [3.8, 4) is 0 Å². The van der Waals surface area contributed by atoms with Gasteiger partial charge in [0.2, 0.25) is 0 Å². The van der Waals surface area contributed by atoms with E-state index in [9.17, 15) is 0 Å². The Kier molecular flexibility index (Phi) is 6.16. The molecule has 0 bridgehead atoms. The normalized spacial score (nSPS) is 12.3. The summed E-state index contributed by atoms with van der Waals surface area (Å²) in [6.45, 7) is 5.32. The van der Waals surface area contributed by atoms with Crippen LogP contribution < -0.4 is 5.32 Å². The second-order valence-electron chi connectivity index (χ2n) is 5.03. The highest BCUT2D eigenvalue weighted by Gasteiger charge is 2.09. The van der Waals surface area contributed by atoms with Crippen molar-refractivity contribution in [2.45, 2.75) is 25.6 Å². The smallest absolute Gasteiger partial charge is 0.0411 e. The molecule has 0 aliphatic rings. The Labute approximate surface area is 126 Å². The van der Waals surface area contributed by atoms with Crippen LogP contribution in [0, 0.1) is 6.92 Å². The summed E-state index contributed by atoms with van der Waals surface area (Å²) in [5.74, 6) is 2.18. The maximum absolute atomic E-state index is 3.58. The van der Waals surface area contributed by atoms with Crippen LogP contribution >= 0.6 is 11.8 Å². The molecule has 0 spiro atoms. The Balaban J connectivity index is 1.90. The van der Waals surface area contributed by atoms with Gasteiger partial charge in [0.15, 0.2) is 0 Å². The van der Waals surface area contributed by atoms with Gasteiger partial charge in [-0.2, -0.15) is 11.8 Å². The van der Waals surface area contributed by atoms with Gasteiger partial charge in [0, 0.05) is 17.5 Å². The van der Waals surface area contributed by atoms with E-state index in [1.807, 2.05) is 11.8 Å². The molecule has 20 heavy (non-hydrogen) atoms. The molecule has 0 aliphatic carbocycles. The van der Waals surface area contributed by atoms with E-state index >= 15 is 0 Å². The summed E-state index contributed by atoms with van der Waals surface area (Å²) in [6, 6.07) is 20.0. The van der Waals surface area contributed by atoms with Crippen LogP contribution in [-0.4, -0.2) is 12.3 Å². The molecule has 1 N–H and O–H groups in total. The van der Waals surface area contributed by atoms with E-state index in [0.717, 1.165) is 18.1 Å². The van der Waals surface area contributed by atoms with Gasteiger partial charge < -0.3 is 5.32 Å². The number of thioether (sulfide) groups is 1. The Morgan fingerprint density at radius 3 is 2.55 bits per heavy atom. The fraction of sp³-hybridized carbons (Fsp3) is 0.333. The molecular weight excluding hydrogens is 262 g/mol. The molecule has 0 saturated carbocycles. The molecule has 0 saturated heterocycles. The van der Waals surface area contributed by atoms with Crippen molar-refractivity contribution in [2.24, 2.45) is 0 Å². The van der Waals surface area contributed by atoms with Gasteiger partial charge in [-0.1, -0.05) is 67.1 Å². The summed E-state index contributed by atoms with van der Waals surface area (Å²) in [5, 5.41) is 3.58. The Morgan fingerprint density at radius 2 is 1.85 bits per heavy atom. The fourth-order valence-electron chi connectivity index (χ4n) is 2.30. The molecule has 2 heteroatoms. The lowest BCUT2D eigenvalue weighted by Crippen LogP contribution is -2.22. The van der Waals surface area contributed by atoms with Crippen LogP contribution in [0.3, 0.4) is 0 Å². The average molecular weight is 285 g/mol. The Hall–Kier alpha value is -1.25. The number of hydrogen-bond acceptors (Lipinski definition) is 2. The van der Waals surface area contributed by atoms with Crippen molar-refractivity contribution < 1.29 is 0 Å². The minimum atomic E-state index is 0.441. The Morgan fingerprint density at radius 1 is 1.05 bits per heavy atom. The topological polar surface area (TPSA) is 12.0 Å². The summed E-state index contributed by atoms with van der Waals surface area (Å²) in [5.41, 5.74) is 4.14. The van der Waals surface area contributed by atoms with Gasteiger partial charge in [0.1, 0.15) is 0 Å². The molecule has 0 fully saturated rings. The van der Waals surface area contributed by atoms with Gasteiger partial charge >= 0.3 is 0 Å². The van der Waals surface area contributed by atoms with E-state index < -0.39 is 0 Å². The quantitative estimate of drug-likeness (QED) is 0.799. The summed E-state index contributed by atoms with van der Waals surface area (Å²) in [7, 11) is 0. The standard InChI is InChI=1S/C18H23NS/c1-3-19-18(17-10-5-4-6-11-17)14-20-13-16-9-7-8-15(2)12-16/h4-12,18-19H,3,13-14H2,1-2H3. The zero-order chi connectivity index (χ0) is 14.2. The van der Waals surface area contributed by atoms with Gasteiger partial charge in [-0.05, 0) is 24.6 Å². The number of nitrogens with one attached hydrogen (secondary N) is 1. The molecule has 1 unspecified atom stereocenters. The number of aryl methyl sites for hydroxylation is 1. The van der Waals surface area contributed by atoms with Crippen molar-refractivity contribution in [1.29, 1.82) is 0 Å². The van der Waals surface area contributed by atoms with E-state index in [1.54, 1.807) is 0 Å². The predicted molar refractivity (Wildman–Crippen MR) is 90.2 cm³/mol. The largest absolute Gasteiger partial charge is 0.310 e. The van der Waals surface area contributed by atoms with Crippen LogP contribution in [0.4, 0.5) is 0 Å². The SMILES string of the molecule is CCNC(CSCc1cccc(C)c1)c1ccccc1. The third kappa shape index (κ3) is 4.69.